The van der Waals surface area contributed by atoms with E-state index in [0.29, 0.717) is 11.4 Å². The lowest BCUT2D eigenvalue weighted by Crippen LogP contribution is -2.29. The van der Waals surface area contributed by atoms with Gasteiger partial charge in [0.05, 0.1) is 23.5 Å². The van der Waals surface area contributed by atoms with Crippen LogP contribution in [-0.4, -0.2) is 30.2 Å². The third kappa shape index (κ3) is 3.91. The first-order valence-corrected chi connectivity index (χ1v) is 8.59. The molecule has 28 heavy (non-hydrogen) atoms. The standard InChI is InChI=1S/C21H17N3O4/c1-2-12-22-21(28)16-8-3-4-9-17(16)23-20(27)14-6-5-7-15(13-14)24-18(25)10-11-19(24)26/h1,3-9,13H,10-12H2,(H,22,28)(H,23,27). The fourth-order valence-electron chi connectivity index (χ4n) is 2.86. The maximum Gasteiger partial charge on any atom is 0.255 e. The molecule has 0 atom stereocenters. The van der Waals surface area contributed by atoms with Crippen LogP contribution >= 0.6 is 0 Å². The van der Waals surface area contributed by atoms with Crippen LogP contribution in [0.3, 0.4) is 0 Å². The van der Waals surface area contributed by atoms with Gasteiger partial charge < -0.3 is 10.6 Å². The highest BCUT2D eigenvalue weighted by Gasteiger charge is 2.30. The van der Waals surface area contributed by atoms with Crippen molar-refractivity contribution in [2.45, 2.75) is 12.8 Å². The van der Waals surface area contributed by atoms with Gasteiger partial charge in [-0.3, -0.25) is 24.1 Å². The SMILES string of the molecule is C#CCNC(=O)c1ccccc1NC(=O)c1cccc(N2C(=O)CCC2=O)c1. The molecular weight excluding hydrogens is 358 g/mol. The number of carbonyl (C=O) groups is 4. The number of nitrogens with one attached hydrogen (secondary N) is 2. The first-order chi connectivity index (χ1) is 13.5. The van der Waals surface area contributed by atoms with Crippen molar-refractivity contribution in [2.24, 2.45) is 0 Å². The second kappa shape index (κ2) is 8.18. The molecule has 7 heteroatoms. The lowest BCUT2D eigenvalue weighted by atomic mass is 10.1. The van der Waals surface area contributed by atoms with Gasteiger partial charge in [-0.1, -0.05) is 24.1 Å². The number of terminal acetylenes is 1. The highest BCUT2D eigenvalue weighted by Crippen LogP contribution is 2.24. The van der Waals surface area contributed by atoms with Crippen LogP contribution in [-0.2, 0) is 9.59 Å². The van der Waals surface area contributed by atoms with Crippen LogP contribution in [0.5, 0.6) is 0 Å². The van der Waals surface area contributed by atoms with Crippen molar-refractivity contribution >= 4 is 35.0 Å². The molecule has 1 aliphatic rings. The Balaban J connectivity index is 1.82. The predicted molar refractivity (Wildman–Crippen MR) is 104 cm³/mol. The number of benzene rings is 2. The number of carbonyl (C=O) groups excluding carboxylic acids is 4. The van der Waals surface area contributed by atoms with Gasteiger partial charge in [0.15, 0.2) is 0 Å². The van der Waals surface area contributed by atoms with Crippen LogP contribution < -0.4 is 15.5 Å². The summed E-state index contributed by atoms with van der Waals surface area (Å²) < 4.78 is 0. The quantitative estimate of drug-likeness (QED) is 0.617. The molecule has 140 valence electrons. The zero-order valence-electron chi connectivity index (χ0n) is 14.9. The van der Waals surface area contributed by atoms with E-state index in [9.17, 15) is 19.2 Å². The molecule has 2 aromatic rings. The summed E-state index contributed by atoms with van der Waals surface area (Å²) in [5.41, 5.74) is 1.19. The maximum atomic E-state index is 12.7. The Morgan fingerprint density at radius 2 is 1.71 bits per heavy atom. The van der Waals surface area contributed by atoms with Crippen LogP contribution in [0.1, 0.15) is 33.6 Å². The minimum absolute atomic E-state index is 0.0705. The molecule has 1 aliphatic heterocycles. The van der Waals surface area contributed by atoms with E-state index in [1.807, 2.05) is 0 Å². The molecule has 0 aliphatic carbocycles. The summed E-state index contributed by atoms with van der Waals surface area (Å²) in [6.45, 7) is 0.0705. The first kappa shape index (κ1) is 18.9. The summed E-state index contributed by atoms with van der Waals surface area (Å²) in [5, 5.41) is 5.23. The molecule has 1 heterocycles. The Morgan fingerprint density at radius 1 is 1.00 bits per heavy atom. The molecule has 2 aromatic carbocycles. The molecule has 3 rings (SSSR count). The van der Waals surface area contributed by atoms with E-state index in [1.165, 1.54) is 6.07 Å². The van der Waals surface area contributed by atoms with Crippen LogP contribution in [0.25, 0.3) is 0 Å². The van der Waals surface area contributed by atoms with Crippen molar-refractivity contribution in [2.75, 3.05) is 16.8 Å². The molecule has 7 nitrogen and oxygen atoms in total. The van der Waals surface area contributed by atoms with Gasteiger partial charge in [0.25, 0.3) is 11.8 Å². The Bertz CT molecular complexity index is 991. The normalized spacial score (nSPS) is 13.2. The lowest BCUT2D eigenvalue weighted by Gasteiger charge is -2.15. The molecule has 2 N–H and O–H groups in total. The highest BCUT2D eigenvalue weighted by molar-refractivity contribution is 6.20. The summed E-state index contributed by atoms with van der Waals surface area (Å²) in [6, 6.07) is 12.7. The largest absolute Gasteiger partial charge is 0.341 e. The molecule has 0 unspecified atom stereocenters. The van der Waals surface area contributed by atoms with Crippen LogP contribution in [0, 0.1) is 12.3 Å². The van der Waals surface area contributed by atoms with Crippen LogP contribution in [0.4, 0.5) is 11.4 Å². The van der Waals surface area contributed by atoms with Crippen molar-refractivity contribution < 1.29 is 19.2 Å². The van der Waals surface area contributed by atoms with Gasteiger partial charge in [-0.05, 0) is 30.3 Å². The number of amides is 4. The minimum atomic E-state index is -0.474. The highest BCUT2D eigenvalue weighted by atomic mass is 16.2. The van der Waals surface area contributed by atoms with E-state index < -0.39 is 11.8 Å². The zero-order valence-corrected chi connectivity index (χ0v) is 14.9. The number of hydrogen-bond acceptors (Lipinski definition) is 4. The molecular formula is C21H17N3O4. The van der Waals surface area contributed by atoms with E-state index in [1.54, 1.807) is 42.5 Å². The second-order valence-electron chi connectivity index (χ2n) is 6.06. The van der Waals surface area contributed by atoms with Gasteiger partial charge in [0.2, 0.25) is 11.8 Å². The van der Waals surface area contributed by atoms with Gasteiger partial charge in [0, 0.05) is 18.4 Å². The summed E-state index contributed by atoms with van der Waals surface area (Å²) in [5.74, 6) is 0.848. The van der Waals surface area contributed by atoms with Crippen LogP contribution in [0.15, 0.2) is 48.5 Å². The summed E-state index contributed by atoms with van der Waals surface area (Å²) in [4.78, 5) is 49.8. The summed E-state index contributed by atoms with van der Waals surface area (Å²) in [7, 11) is 0. The molecule has 0 radical (unpaired) electrons. The van der Waals surface area contributed by atoms with Crippen molar-refractivity contribution in [1.29, 1.82) is 0 Å². The number of nitrogens with zero attached hydrogens (tertiary/aromatic N) is 1. The zero-order chi connectivity index (χ0) is 20.1. The number of imide groups is 1. The average Bonchev–Trinajstić information content (AvgIpc) is 3.04. The average molecular weight is 375 g/mol. The molecule has 1 fully saturated rings. The van der Waals surface area contributed by atoms with Crippen molar-refractivity contribution in [3.05, 3.63) is 59.7 Å². The monoisotopic (exact) mass is 375 g/mol. The topological polar surface area (TPSA) is 95.6 Å². The van der Waals surface area contributed by atoms with E-state index in [2.05, 4.69) is 16.6 Å². The second-order valence-corrected chi connectivity index (χ2v) is 6.06. The molecule has 0 spiro atoms. The smallest absolute Gasteiger partial charge is 0.255 e. The van der Waals surface area contributed by atoms with Crippen LogP contribution in [0.2, 0.25) is 0 Å². The van der Waals surface area contributed by atoms with E-state index >= 15 is 0 Å². The Morgan fingerprint density at radius 3 is 2.43 bits per heavy atom. The van der Waals surface area contributed by atoms with Gasteiger partial charge in [-0.2, -0.15) is 0 Å². The van der Waals surface area contributed by atoms with Gasteiger partial charge >= 0.3 is 0 Å². The van der Waals surface area contributed by atoms with E-state index in [-0.39, 0.29) is 42.3 Å². The molecule has 4 amide bonds. The van der Waals surface area contributed by atoms with Crippen molar-refractivity contribution in [3.63, 3.8) is 0 Å². The van der Waals surface area contributed by atoms with Gasteiger partial charge in [-0.25, -0.2) is 0 Å². The number of para-hydroxylation sites is 1. The van der Waals surface area contributed by atoms with E-state index in [4.69, 9.17) is 6.42 Å². The number of hydrogen-bond donors (Lipinski definition) is 2. The summed E-state index contributed by atoms with van der Waals surface area (Å²) >= 11 is 0. The third-order valence-corrected chi connectivity index (χ3v) is 4.19. The number of anilines is 2. The van der Waals surface area contributed by atoms with Gasteiger partial charge in [-0.15, -0.1) is 6.42 Å². The predicted octanol–water partition coefficient (Wildman–Crippen LogP) is 1.96. The molecule has 0 bridgehead atoms. The Hall–Kier alpha value is -3.92. The Labute approximate surface area is 161 Å². The van der Waals surface area contributed by atoms with E-state index in [0.717, 1.165) is 4.90 Å². The lowest BCUT2D eigenvalue weighted by molar-refractivity contribution is -0.121. The van der Waals surface area contributed by atoms with Crippen molar-refractivity contribution in [1.82, 2.24) is 5.32 Å². The fourth-order valence-corrected chi connectivity index (χ4v) is 2.86. The molecule has 0 saturated carbocycles. The molecule has 1 saturated heterocycles. The Kier molecular flexibility index (Phi) is 5.51. The number of rotatable bonds is 5. The minimum Gasteiger partial charge on any atom is -0.341 e. The van der Waals surface area contributed by atoms with Gasteiger partial charge in [0.1, 0.15) is 0 Å². The van der Waals surface area contributed by atoms with Crippen molar-refractivity contribution in [3.8, 4) is 12.3 Å². The molecule has 0 aromatic heterocycles. The first-order valence-electron chi connectivity index (χ1n) is 8.59. The fraction of sp³-hybridized carbons (Fsp3) is 0.143. The summed E-state index contributed by atoms with van der Waals surface area (Å²) in [6.07, 6.45) is 5.47. The maximum absolute atomic E-state index is 12.7. The third-order valence-electron chi connectivity index (χ3n) is 4.19.